The van der Waals surface area contributed by atoms with E-state index >= 15 is 0 Å². The topological polar surface area (TPSA) is 106 Å². The van der Waals surface area contributed by atoms with Crippen molar-refractivity contribution in [2.75, 3.05) is 14.2 Å². The zero-order chi connectivity index (χ0) is 18.6. The number of carbonyl (C=O) groups excluding carboxylic acids is 1. The molecule has 2 rings (SSSR count). The van der Waals surface area contributed by atoms with Gasteiger partial charge in [0.2, 0.25) is 11.3 Å². The van der Waals surface area contributed by atoms with E-state index in [0.29, 0.717) is 0 Å². The third-order valence-corrected chi connectivity index (χ3v) is 4.20. The summed E-state index contributed by atoms with van der Waals surface area (Å²) in [5.41, 5.74) is 0.835. The molecular formula is C15H11ClN3O5S+. The number of nitriles is 1. The number of carbonyl (C=O) groups is 1. The Morgan fingerprint density at radius 3 is 2.60 bits per heavy atom. The molecule has 0 aliphatic carbocycles. The van der Waals surface area contributed by atoms with Crippen molar-refractivity contribution in [1.29, 1.82) is 5.26 Å². The van der Waals surface area contributed by atoms with E-state index in [1.165, 1.54) is 47.9 Å². The van der Waals surface area contributed by atoms with E-state index in [9.17, 15) is 20.2 Å². The third kappa shape index (κ3) is 3.60. The molecule has 10 heteroatoms. The molecule has 0 amide bonds. The molecule has 128 valence electrons. The van der Waals surface area contributed by atoms with Crippen LogP contribution in [0.25, 0.3) is 5.03 Å². The first kappa shape index (κ1) is 18.4. The Morgan fingerprint density at radius 1 is 1.40 bits per heavy atom. The summed E-state index contributed by atoms with van der Waals surface area (Å²) in [5.74, 6) is -0.679. The Kier molecular flexibility index (Phi) is 5.69. The Hall–Kier alpha value is -2.96. The van der Waals surface area contributed by atoms with E-state index in [0.717, 1.165) is 6.07 Å². The van der Waals surface area contributed by atoms with Gasteiger partial charge in [-0.2, -0.15) is 5.26 Å². The summed E-state index contributed by atoms with van der Waals surface area (Å²) in [6.07, 6.45) is 1.48. The minimum Gasteiger partial charge on any atom is -0.493 e. The first-order chi connectivity index (χ1) is 11.9. The molecule has 1 aromatic carbocycles. The highest BCUT2D eigenvalue weighted by atomic mass is 35.5. The number of hydrogen-bond donors (Lipinski definition) is 0. The fourth-order valence-electron chi connectivity index (χ4n) is 2.02. The molecular weight excluding hydrogens is 370 g/mol. The molecule has 0 radical (unpaired) electrons. The maximum absolute atomic E-state index is 12.4. The van der Waals surface area contributed by atoms with Crippen molar-refractivity contribution in [3.05, 3.63) is 50.5 Å². The number of rotatable bonds is 5. The van der Waals surface area contributed by atoms with E-state index in [-0.39, 0.29) is 27.7 Å². The van der Waals surface area contributed by atoms with Crippen LogP contribution in [-0.2, 0) is 0 Å². The zero-order valence-electron chi connectivity index (χ0n) is 13.1. The molecule has 0 aliphatic heterocycles. The van der Waals surface area contributed by atoms with E-state index < -0.39 is 16.5 Å². The van der Waals surface area contributed by atoms with Gasteiger partial charge in [-0.1, -0.05) is 22.9 Å². The minimum atomic E-state index is -0.670. The summed E-state index contributed by atoms with van der Waals surface area (Å²) in [6, 6.07) is 4.22. The summed E-state index contributed by atoms with van der Waals surface area (Å²) in [6.45, 7) is 0. The average Bonchev–Trinajstić information content (AvgIpc) is 3.15. The number of benzene rings is 1. The first-order valence-electron chi connectivity index (χ1n) is 6.63. The number of thiazole rings is 1. The highest BCUT2D eigenvalue weighted by molar-refractivity contribution is 7.07. The van der Waals surface area contributed by atoms with Crippen molar-refractivity contribution in [1.82, 2.24) is 0 Å². The van der Waals surface area contributed by atoms with Crippen LogP contribution >= 0.6 is 22.9 Å². The number of methoxy groups -OCH3 is 2. The lowest BCUT2D eigenvalue weighted by Crippen LogP contribution is -2.40. The van der Waals surface area contributed by atoms with E-state index in [2.05, 4.69) is 0 Å². The Bertz CT molecular complexity index is 903. The van der Waals surface area contributed by atoms with Crippen LogP contribution in [0.15, 0.2) is 34.8 Å². The van der Waals surface area contributed by atoms with Crippen LogP contribution in [0.5, 0.6) is 11.5 Å². The maximum atomic E-state index is 12.4. The van der Waals surface area contributed by atoms with Gasteiger partial charge in [0.15, 0.2) is 17.5 Å². The quantitative estimate of drug-likeness (QED) is 0.259. The molecule has 0 bridgehead atoms. The van der Waals surface area contributed by atoms with Crippen molar-refractivity contribution in [3.63, 3.8) is 0 Å². The molecule has 0 saturated carbocycles. The largest absolute Gasteiger partial charge is 0.493 e. The van der Waals surface area contributed by atoms with Crippen LogP contribution in [-0.4, -0.2) is 25.1 Å². The van der Waals surface area contributed by atoms with Gasteiger partial charge in [0.25, 0.3) is 0 Å². The van der Waals surface area contributed by atoms with Crippen LogP contribution in [0.4, 0.5) is 5.69 Å². The van der Waals surface area contributed by atoms with E-state index in [1.54, 1.807) is 11.4 Å². The van der Waals surface area contributed by atoms with Gasteiger partial charge in [0.1, 0.15) is 6.07 Å². The molecule has 0 aliphatic rings. The van der Waals surface area contributed by atoms with Crippen LogP contribution in [0.3, 0.4) is 0 Å². The van der Waals surface area contributed by atoms with Gasteiger partial charge in [0, 0.05) is 11.6 Å². The van der Waals surface area contributed by atoms with Crippen LogP contribution in [0.1, 0.15) is 10.4 Å². The Labute approximate surface area is 151 Å². The standard InChI is InChI=1S/C15H11ClN3O5S/c1-23-12-6-9(5-11(19(21)22)14(12)24-2)13(16)10(7-17)15(20)18-3-4-25-8-18/h3-6,8H,1-2H3/q+1/b13-10-. The SMILES string of the molecule is COc1cc(/C(Cl)=C(\C#N)C(=O)[n+]2ccsc2)cc([N+](=O)[O-])c1OC. The predicted molar refractivity (Wildman–Crippen MR) is 89.7 cm³/mol. The highest BCUT2D eigenvalue weighted by Crippen LogP contribution is 2.40. The van der Waals surface area contributed by atoms with Crippen LogP contribution < -0.4 is 14.0 Å². The number of allylic oxidation sites excluding steroid dienone is 1. The second-order valence-electron chi connectivity index (χ2n) is 4.53. The third-order valence-electron chi connectivity index (χ3n) is 3.16. The summed E-state index contributed by atoms with van der Waals surface area (Å²) in [5, 5.41) is 22.0. The van der Waals surface area contributed by atoms with Crippen molar-refractivity contribution >= 4 is 39.6 Å². The van der Waals surface area contributed by atoms with Gasteiger partial charge in [-0.05, 0) is 6.07 Å². The molecule has 1 heterocycles. The molecule has 8 nitrogen and oxygen atoms in total. The van der Waals surface area contributed by atoms with Gasteiger partial charge in [0.05, 0.1) is 29.6 Å². The Balaban J connectivity index is 2.66. The molecule has 0 fully saturated rings. The van der Waals surface area contributed by atoms with Gasteiger partial charge in [-0.15, -0.1) is 4.57 Å². The molecule has 0 spiro atoms. The number of hydrogen-bond acceptors (Lipinski definition) is 7. The normalized spacial score (nSPS) is 11.3. The fraction of sp³-hybridized carbons (Fsp3) is 0.133. The van der Waals surface area contributed by atoms with Crippen molar-refractivity contribution in [3.8, 4) is 17.6 Å². The molecule has 25 heavy (non-hydrogen) atoms. The number of ether oxygens (including phenoxy) is 2. The molecule has 0 saturated heterocycles. The summed E-state index contributed by atoms with van der Waals surface area (Å²) in [7, 11) is 2.57. The predicted octanol–water partition coefficient (Wildman–Crippen LogP) is 2.77. The summed E-state index contributed by atoms with van der Waals surface area (Å²) in [4.78, 5) is 23.0. The lowest BCUT2D eigenvalue weighted by Gasteiger charge is -2.10. The maximum Gasteiger partial charge on any atom is 0.437 e. The number of nitro groups is 1. The second-order valence-corrected chi connectivity index (χ2v) is 5.66. The van der Waals surface area contributed by atoms with E-state index in [1.807, 2.05) is 0 Å². The summed E-state index contributed by atoms with van der Waals surface area (Å²) < 4.78 is 11.3. The first-order valence-corrected chi connectivity index (χ1v) is 7.95. The monoisotopic (exact) mass is 380 g/mol. The fourth-order valence-corrected chi connectivity index (χ4v) is 2.82. The lowest BCUT2D eigenvalue weighted by atomic mass is 10.1. The van der Waals surface area contributed by atoms with Crippen molar-refractivity contribution < 1.29 is 23.8 Å². The number of aromatic nitrogens is 1. The second kappa shape index (κ2) is 7.74. The van der Waals surface area contributed by atoms with Crippen LogP contribution in [0.2, 0.25) is 0 Å². The molecule has 0 atom stereocenters. The number of nitro benzene ring substituents is 1. The van der Waals surface area contributed by atoms with Gasteiger partial charge in [-0.3, -0.25) is 10.1 Å². The van der Waals surface area contributed by atoms with Crippen molar-refractivity contribution in [2.45, 2.75) is 0 Å². The minimum absolute atomic E-state index is 0.0535. The molecule has 2 aromatic rings. The number of nitrogens with zero attached hydrogens (tertiary/aromatic N) is 3. The van der Waals surface area contributed by atoms with Gasteiger partial charge >= 0.3 is 11.6 Å². The average molecular weight is 381 g/mol. The summed E-state index contributed by atoms with van der Waals surface area (Å²) >= 11 is 7.45. The Morgan fingerprint density at radius 2 is 2.12 bits per heavy atom. The number of halogens is 1. The molecule has 0 unspecified atom stereocenters. The smallest absolute Gasteiger partial charge is 0.437 e. The van der Waals surface area contributed by atoms with Crippen molar-refractivity contribution in [2.24, 2.45) is 0 Å². The molecule has 0 N–H and O–H groups in total. The van der Waals surface area contributed by atoms with E-state index in [4.69, 9.17) is 21.1 Å². The van der Waals surface area contributed by atoms with Gasteiger partial charge in [-0.25, -0.2) is 4.79 Å². The van der Waals surface area contributed by atoms with Gasteiger partial charge < -0.3 is 9.47 Å². The molecule has 1 aromatic heterocycles. The van der Waals surface area contributed by atoms with Crippen LogP contribution in [0, 0.1) is 21.4 Å². The zero-order valence-corrected chi connectivity index (χ0v) is 14.6. The highest BCUT2D eigenvalue weighted by Gasteiger charge is 2.28. The lowest BCUT2D eigenvalue weighted by molar-refractivity contribution is -0.565.